The van der Waals surface area contributed by atoms with Crippen LogP contribution in [0, 0.1) is 29.1 Å². The second-order valence-corrected chi connectivity index (χ2v) is 13.3. The molecule has 1 aromatic carbocycles. The summed E-state index contributed by atoms with van der Waals surface area (Å²) in [7, 11) is 0. The summed E-state index contributed by atoms with van der Waals surface area (Å²) in [6.45, 7) is 4.77. The molecule has 0 spiro atoms. The molecule has 1 unspecified atom stereocenters. The number of H-pyrrole nitrogens is 1. The molecule has 10 heteroatoms. The lowest BCUT2D eigenvalue weighted by molar-refractivity contribution is -0.144. The first-order chi connectivity index (χ1) is 19.6. The Balaban J connectivity index is 1.26. The molecule has 3 amide bonds. The number of imidazole rings is 1. The number of nitrogens with one attached hydrogen (secondary N) is 3. The Bertz CT molecular complexity index is 1310. The molecular formula is C31H42N6O4. The fourth-order valence-corrected chi connectivity index (χ4v) is 7.73. The van der Waals surface area contributed by atoms with Gasteiger partial charge >= 0.3 is 0 Å². The lowest BCUT2D eigenvalue weighted by Gasteiger charge is -2.37. The van der Waals surface area contributed by atoms with E-state index in [1.807, 2.05) is 24.3 Å². The molecule has 1 aliphatic heterocycles. The molecule has 3 aliphatic carbocycles. The van der Waals surface area contributed by atoms with Gasteiger partial charge in [-0.2, -0.15) is 0 Å². The Morgan fingerprint density at radius 1 is 1.07 bits per heavy atom. The van der Waals surface area contributed by atoms with Crippen LogP contribution < -0.4 is 16.4 Å². The summed E-state index contributed by atoms with van der Waals surface area (Å²) in [5, 5.41) is 6.32. The predicted molar refractivity (Wildman–Crippen MR) is 154 cm³/mol. The van der Waals surface area contributed by atoms with Crippen LogP contribution in [0.1, 0.15) is 71.6 Å². The van der Waals surface area contributed by atoms with Crippen LogP contribution in [0.25, 0.3) is 11.0 Å². The summed E-state index contributed by atoms with van der Waals surface area (Å²) in [6.07, 6.45) is 8.59. The van der Waals surface area contributed by atoms with Gasteiger partial charge in [-0.3, -0.25) is 19.2 Å². The van der Waals surface area contributed by atoms with Gasteiger partial charge in [0.1, 0.15) is 12.1 Å². The number of carbonyl (C=O) groups excluding carboxylic acids is 4. The molecule has 5 N–H and O–H groups in total. The van der Waals surface area contributed by atoms with Gasteiger partial charge in [-0.05, 0) is 60.5 Å². The number of nitrogens with zero attached hydrogens (tertiary/aromatic N) is 2. The second-order valence-electron chi connectivity index (χ2n) is 13.3. The number of ketones is 1. The average molecular weight is 563 g/mol. The Morgan fingerprint density at radius 3 is 2.46 bits per heavy atom. The third kappa shape index (κ3) is 5.21. The zero-order valence-electron chi connectivity index (χ0n) is 24.0. The average Bonchev–Trinajstić information content (AvgIpc) is 3.29. The fraction of sp³-hybridized carbons (Fsp3) is 0.645. The first-order valence-corrected chi connectivity index (χ1v) is 15.3. The summed E-state index contributed by atoms with van der Waals surface area (Å²) in [5.74, 6) is -1.09. The van der Waals surface area contributed by atoms with Crippen molar-refractivity contribution < 1.29 is 19.2 Å². The van der Waals surface area contributed by atoms with Crippen LogP contribution in [0.3, 0.4) is 0 Å². The minimum absolute atomic E-state index is 0.00214. The number of primary amides is 1. The molecule has 41 heavy (non-hydrogen) atoms. The van der Waals surface area contributed by atoms with E-state index < -0.39 is 29.8 Å². The summed E-state index contributed by atoms with van der Waals surface area (Å²) in [5.41, 5.74) is 6.99. The number of anilines is 1. The standard InChI is InChI=1S/C31H42N6O4/c1-31(2)19-16-37(25(23(19)31)28(40)33-22(26(38)27(32)39)15-17-9-8-10-17)29(41)24(18-11-4-3-5-12-18)36-30-34-20-13-6-7-14-21(20)35-30/h6-7,13-14,17-19,22-25H,3-5,8-12,15-16H2,1-2H3,(H2,32,39)(H,33,40)(H2,34,35,36)/t19-,22-,23?,24-,25-/m0/s1. The van der Waals surface area contributed by atoms with Gasteiger partial charge in [0.05, 0.1) is 17.1 Å². The number of Topliss-reactive ketones (excluding diaryl/α,β-unsaturated/α-hetero) is 1. The number of likely N-dealkylation sites (tertiary alicyclic amines) is 1. The van der Waals surface area contributed by atoms with Gasteiger partial charge < -0.3 is 26.3 Å². The van der Waals surface area contributed by atoms with Crippen molar-refractivity contribution in [3.8, 4) is 0 Å². The molecular weight excluding hydrogens is 520 g/mol. The molecule has 5 atom stereocenters. The van der Waals surface area contributed by atoms with Gasteiger partial charge in [-0.15, -0.1) is 0 Å². The quantitative estimate of drug-likeness (QED) is 0.327. The number of carbonyl (C=O) groups is 4. The van der Waals surface area contributed by atoms with Crippen molar-refractivity contribution >= 4 is 40.5 Å². The highest BCUT2D eigenvalue weighted by Gasteiger charge is 2.69. The molecule has 2 aromatic rings. The van der Waals surface area contributed by atoms with E-state index in [0.29, 0.717) is 24.8 Å². The van der Waals surface area contributed by atoms with Crippen LogP contribution in [0.2, 0.25) is 0 Å². The maximum atomic E-state index is 14.4. The van der Waals surface area contributed by atoms with Crippen molar-refractivity contribution in [2.75, 3.05) is 11.9 Å². The molecule has 10 nitrogen and oxygen atoms in total. The van der Waals surface area contributed by atoms with Crippen molar-refractivity contribution in [1.29, 1.82) is 0 Å². The Morgan fingerprint density at radius 2 is 1.80 bits per heavy atom. The van der Waals surface area contributed by atoms with Crippen LogP contribution in [0.15, 0.2) is 24.3 Å². The van der Waals surface area contributed by atoms with Crippen molar-refractivity contribution in [3.05, 3.63) is 24.3 Å². The van der Waals surface area contributed by atoms with E-state index >= 15 is 0 Å². The van der Waals surface area contributed by atoms with Gasteiger partial charge in [-0.25, -0.2) is 4.98 Å². The number of amides is 3. The smallest absolute Gasteiger partial charge is 0.287 e. The monoisotopic (exact) mass is 562 g/mol. The lowest BCUT2D eigenvalue weighted by Crippen LogP contribution is -2.58. The van der Waals surface area contributed by atoms with E-state index in [1.54, 1.807) is 4.90 Å². The number of piperidine rings is 1. The number of para-hydroxylation sites is 2. The summed E-state index contributed by atoms with van der Waals surface area (Å²) in [6, 6.07) is 5.58. The first kappa shape index (κ1) is 27.7. The van der Waals surface area contributed by atoms with E-state index in [9.17, 15) is 19.2 Å². The number of fused-ring (bicyclic) bond motifs is 2. The molecule has 0 bridgehead atoms. The minimum atomic E-state index is -1.04. The highest BCUT2D eigenvalue weighted by Crippen LogP contribution is 2.65. The van der Waals surface area contributed by atoms with Crippen molar-refractivity contribution in [3.63, 3.8) is 0 Å². The third-order valence-corrected chi connectivity index (χ3v) is 10.5. The van der Waals surface area contributed by atoms with Gasteiger partial charge in [0.15, 0.2) is 0 Å². The molecule has 2 heterocycles. The van der Waals surface area contributed by atoms with E-state index in [-0.39, 0.29) is 35.0 Å². The van der Waals surface area contributed by atoms with E-state index in [1.165, 1.54) is 0 Å². The van der Waals surface area contributed by atoms with Crippen molar-refractivity contribution in [2.45, 2.75) is 89.8 Å². The summed E-state index contributed by atoms with van der Waals surface area (Å²) < 4.78 is 0. The number of nitrogens with two attached hydrogens (primary N) is 1. The molecule has 220 valence electrons. The highest BCUT2D eigenvalue weighted by atomic mass is 16.2. The Hall–Kier alpha value is -3.43. The molecule has 4 aliphatic rings. The molecule has 3 saturated carbocycles. The molecule has 1 aromatic heterocycles. The molecule has 4 fully saturated rings. The zero-order chi connectivity index (χ0) is 28.9. The largest absolute Gasteiger partial charge is 0.363 e. The molecule has 1 saturated heterocycles. The van der Waals surface area contributed by atoms with E-state index in [2.05, 4.69) is 34.4 Å². The molecule has 6 rings (SSSR count). The Kier molecular flexibility index (Phi) is 7.28. The second kappa shape index (κ2) is 10.8. The fourth-order valence-electron chi connectivity index (χ4n) is 7.73. The minimum Gasteiger partial charge on any atom is -0.363 e. The number of aromatic amines is 1. The highest BCUT2D eigenvalue weighted by molar-refractivity contribution is 6.37. The summed E-state index contributed by atoms with van der Waals surface area (Å²) in [4.78, 5) is 62.6. The number of rotatable bonds is 10. The molecule has 0 radical (unpaired) electrons. The lowest BCUT2D eigenvalue weighted by atomic mass is 9.80. The van der Waals surface area contributed by atoms with Crippen LogP contribution in [0.4, 0.5) is 5.95 Å². The number of aromatic nitrogens is 2. The van der Waals surface area contributed by atoms with E-state index in [0.717, 1.165) is 62.4 Å². The van der Waals surface area contributed by atoms with Crippen molar-refractivity contribution in [2.24, 2.45) is 34.8 Å². The number of hydrogen-bond donors (Lipinski definition) is 4. The number of benzene rings is 1. The Labute approximate surface area is 240 Å². The van der Waals surface area contributed by atoms with E-state index in [4.69, 9.17) is 5.73 Å². The van der Waals surface area contributed by atoms with Crippen LogP contribution in [-0.2, 0) is 19.2 Å². The first-order valence-electron chi connectivity index (χ1n) is 15.3. The van der Waals surface area contributed by atoms with Gasteiger partial charge in [-0.1, -0.05) is 64.5 Å². The SMILES string of the molecule is CC1(C)C2[C@@H](C(=O)N[C@@H](CC3CCC3)C(=O)C(N)=O)N(C(=O)[C@@H](Nc3nc4ccccc4[nH]3)C3CCCCC3)C[C@@H]21. The predicted octanol–water partition coefficient (Wildman–Crippen LogP) is 3.14. The zero-order valence-corrected chi connectivity index (χ0v) is 24.0. The van der Waals surface area contributed by atoms with Gasteiger partial charge in [0, 0.05) is 6.54 Å². The topological polar surface area (TPSA) is 150 Å². The number of hydrogen-bond acceptors (Lipinski definition) is 6. The van der Waals surface area contributed by atoms with Crippen LogP contribution in [0.5, 0.6) is 0 Å². The normalized spacial score (nSPS) is 27.0. The van der Waals surface area contributed by atoms with Gasteiger partial charge in [0.2, 0.25) is 23.5 Å². The maximum Gasteiger partial charge on any atom is 0.287 e. The van der Waals surface area contributed by atoms with Crippen molar-refractivity contribution in [1.82, 2.24) is 20.2 Å². The van der Waals surface area contributed by atoms with Crippen LogP contribution in [-0.4, -0.2) is 63.0 Å². The third-order valence-electron chi connectivity index (χ3n) is 10.5. The summed E-state index contributed by atoms with van der Waals surface area (Å²) >= 11 is 0. The van der Waals surface area contributed by atoms with Crippen LogP contribution >= 0.6 is 0 Å². The van der Waals surface area contributed by atoms with Gasteiger partial charge in [0.25, 0.3) is 5.91 Å². The maximum absolute atomic E-state index is 14.4.